The van der Waals surface area contributed by atoms with Gasteiger partial charge in [-0.2, -0.15) is 0 Å². The lowest BCUT2D eigenvalue weighted by molar-refractivity contribution is -0.137. The van der Waals surface area contributed by atoms with Crippen LogP contribution in [0, 0.1) is 16.6 Å². The number of ketones is 2. The molecular formula is C33H35ClFNO5. The quantitative estimate of drug-likeness (QED) is 0.373. The largest absolute Gasteiger partial charge is 0.489 e. The van der Waals surface area contributed by atoms with E-state index in [1.54, 1.807) is 30.3 Å². The molecule has 216 valence electrons. The number of benzene rings is 2. The Morgan fingerprint density at radius 1 is 0.976 bits per heavy atom. The Morgan fingerprint density at radius 2 is 1.59 bits per heavy atom. The predicted octanol–water partition coefficient (Wildman–Crippen LogP) is 7.22. The molecule has 0 unspecified atom stereocenters. The lowest BCUT2D eigenvalue weighted by Crippen LogP contribution is -2.45. The van der Waals surface area contributed by atoms with Gasteiger partial charge >= 0.3 is 5.97 Å². The SMILES string of the molecule is CC1(C)CC(=O)C2=C(C1)N(CCC(=O)O)C1=C(C(=O)CC(C)(C)C1)C2c1cc(Cl)ccc1OCc1cccc(F)c1. The molecule has 0 atom stereocenters. The van der Waals surface area contributed by atoms with Crippen LogP contribution < -0.4 is 4.74 Å². The van der Waals surface area contributed by atoms with Gasteiger partial charge in [-0.05, 0) is 59.6 Å². The minimum atomic E-state index is -0.943. The Morgan fingerprint density at radius 3 is 2.15 bits per heavy atom. The molecule has 0 amide bonds. The summed E-state index contributed by atoms with van der Waals surface area (Å²) < 4.78 is 20.1. The number of ether oxygens (including phenoxy) is 1. The van der Waals surface area contributed by atoms with Crippen molar-refractivity contribution in [1.82, 2.24) is 4.90 Å². The highest BCUT2D eigenvalue weighted by atomic mass is 35.5. The molecule has 6 nitrogen and oxygen atoms in total. The van der Waals surface area contributed by atoms with Crippen molar-refractivity contribution in [2.75, 3.05) is 6.54 Å². The Bertz CT molecular complexity index is 1450. The molecule has 0 radical (unpaired) electrons. The van der Waals surface area contributed by atoms with Gasteiger partial charge in [0, 0.05) is 58.4 Å². The topological polar surface area (TPSA) is 83.9 Å². The first-order valence-electron chi connectivity index (χ1n) is 13.9. The van der Waals surface area contributed by atoms with Crippen molar-refractivity contribution in [1.29, 1.82) is 0 Å². The Balaban J connectivity index is 1.70. The van der Waals surface area contributed by atoms with Gasteiger partial charge in [0.15, 0.2) is 11.6 Å². The summed E-state index contributed by atoms with van der Waals surface area (Å²) in [6, 6.07) is 11.3. The second-order valence-corrected chi connectivity index (χ2v) is 13.4. The number of allylic oxidation sites excluding steroid dienone is 4. The van der Waals surface area contributed by atoms with Crippen molar-refractivity contribution < 1.29 is 28.6 Å². The number of carbonyl (C=O) groups excluding carboxylic acids is 2. The van der Waals surface area contributed by atoms with Crippen LogP contribution in [0.5, 0.6) is 5.75 Å². The standard InChI is InChI=1S/C33H35ClFNO5/c1-32(2)14-23-30(25(37)16-32)29(31-24(36(23)11-10-28(39)40)15-33(3,4)17-26(31)38)22-13-20(34)8-9-27(22)41-18-19-6-5-7-21(35)12-19/h5-9,12-13,29H,10-11,14-18H2,1-4H3,(H,39,40). The van der Waals surface area contributed by atoms with Crippen LogP contribution >= 0.6 is 11.6 Å². The van der Waals surface area contributed by atoms with E-state index in [1.165, 1.54) is 12.1 Å². The van der Waals surface area contributed by atoms with Crippen molar-refractivity contribution in [2.24, 2.45) is 10.8 Å². The molecule has 0 saturated heterocycles. The van der Waals surface area contributed by atoms with E-state index in [1.807, 2.05) is 32.6 Å². The number of carboxylic acid groups (broad SMARTS) is 1. The molecule has 0 bridgehead atoms. The van der Waals surface area contributed by atoms with Crippen LogP contribution in [0.15, 0.2) is 65.0 Å². The van der Waals surface area contributed by atoms with E-state index < -0.39 is 11.9 Å². The molecule has 1 N–H and O–H groups in total. The molecule has 0 fully saturated rings. The van der Waals surface area contributed by atoms with Crippen LogP contribution in [0.25, 0.3) is 0 Å². The summed E-state index contributed by atoms with van der Waals surface area (Å²) in [6.45, 7) is 8.39. The fourth-order valence-corrected chi connectivity index (χ4v) is 6.68. The Kier molecular flexibility index (Phi) is 7.62. The third-order valence-corrected chi connectivity index (χ3v) is 8.37. The molecule has 5 rings (SSSR count). The minimum Gasteiger partial charge on any atom is -0.489 e. The Labute approximate surface area is 244 Å². The van der Waals surface area contributed by atoms with Crippen molar-refractivity contribution in [3.05, 3.63) is 87.0 Å². The van der Waals surface area contributed by atoms with Gasteiger partial charge in [-0.25, -0.2) is 4.39 Å². The highest BCUT2D eigenvalue weighted by Gasteiger charge is 2.49. The number of rotatable bonds is 7. The van der Waals surface area contributed by atoms with Gasteiger partial charge in [0.2, 0.25) is 0 Å². The van der Waals surface area contributed by atoms with Crippen molar-refractivity contribution in [2.45, 2.75) is 72.3 Å². The lowest BCUT2D eigenvalue weighted by atomic mass is 9.63. The maximum atomic E-state index is 14.0. The van der Waals surface area contributed by atoms with Crippen molar-refractivity contribution >= 4 is 29.1 Å². The van der Waals surface area contributed by atoms with Crippen molar-refractivity contribution in [3.63, 3.8) is 0 Å². The third kappa shape index (κ3) is 5.96. The second kappa shape index (κ2) is 10.8. The summed E-state index contributed by atoms with van der Waals surface area (Å²) in [5, 5.41) is 10.00. The lowest BCUT2D eigenvalue weighted by Gasteiger charge is -2.49. The molecule has 0 saturated carbocycles. The van der Waals surface area contributed by atoms with Crippen LogP contribution in [-0.4, -0.2) is 34.1 Å². The van der Waals surface area contributed by atoms with E-state index in [-0.39, 0.29) is 47.8 Å². The average molecular weight is 580 g/mol. The first kappa shape index (κ1) is 29.1. The first-order chi connectivity index (χ1) is 19.2. The van der Waals surface area contributed by atoms with Crippen molar-refractivity contribution in [3.8, 4) is 5.75 Å². The van der Waals surface area contributed by atoms with Gasteiger partial charge in [-0.3, -0.25) is 14.4 Å². The number of carbonyl (C=O) groups is 3. The molecule has 2 aromatic rings. The minimum absolute atomic E-state index is 0.0678. The van der Waals surface area contributed by atoms with E-state index in [9.17, 15) is 23.9 Å². The van der Waals surface area contributed by atoms with E-state index in [0.717, 1.165) is 11.4 Å². The van der Waals surface area contributed by atoms with Gasteiger partial charge in [-0.15, -0.1) is 0 Å². The number of halogens is 2. The number of nitrogens with zero attached hydrogens (tertiary/aromatic N) is 1. The molecular weight excluding hydrogens is 545 g/mol. The van der Waals surface area contributed by atoms with Gasteiger partial charge in [0.05, 0.1) is 6.42 Å². The maximum Gasteiger partial charge on any atom is 0.305 e. The van der Waals surface area contributed by atoms with Gasteiger partial charge in [-0.1, -0.05) is 51.4 Å². The maximum absolute atomic E-state index is 14.0. The smallest absolute Gasteiger partial charge is 0.305 e. The van der Waals surface area contributed by atoms with Crippen LogP contribution in [-0.2, 0) is 21.0 Å². The number of hydrogen-bond acceptors (Lipinski definition) is 5. The molecule has 2 aromatic carbocycles. The molecule has 1 aliphatic heterocycles. The molecule has 0 aromatic heterocycles. The van der Waals surface area contributed by atoms with Crippen LogP contribution in [0.2, 0.25) is 5.02 Å². The highest BCUT2D eigenvalue weighted by Crippen LogP contribution is 2.55. The summed E-state index contributed by atoms with van der Waals surface area (Å²) >= 11 is 6.52. The summed E-state index contributed by atoms with van der Waals surface area (Å²) in [4.78, 5) is 41.6. The van der Waals surface area contributed by atoms with E-state index in [0.29, 0.717) is 58.7 Å². The molecule has 41 heavy (non-hydrogen) atoms. The van der Waals surface area contributed by atoms with Crippen LogP contribution in [0.3, 0.4) is 0 Å². The number of aliphatic carboxylic acids is 1. The summed E-state index contributed by atoms with van der Waals surface area (Å²) in [6.07, 6.45) is 1.61. The molecule has 8 heteroatoms. The van der Waals surface area contributed by atoms with Gasteiger partial charge in [0.25, 0.3) is 0 Å². The normalized spacial score (nSPS) is 20.2. The van der Waals surface area contributed by atoms with E-state index in [2.05, 4.69) is 0 Å². The van der Waals surface area contributed by atoms with E-state index in [4.69, 9.17) is 16.3 Å². The predicted molar refractivity (Wildman–Crippen MR) is 154 cm³/mol. The zero-order valence-corrected chi connectivity index (χ0v) is 24.6. The number of Topliss-reactive ketones (excluding diaryl/α,β-unsaturated/α-hetero) is 2. The monoisotopic (exact) mass is 579 g/mol. The van der Waals surface area contributed by atoms with Gasteiger partial charge < -0.3 is 14.7 Å². The number of hydrogen-bond donors (Lipinski definition) is 1. The van der Waals surface area contributed by atoms with Gasteiger partial charge in [0.1, 0.15) is 18.2 Å². The number of carboxylic acids is 1. The highest BCUT2D eigenvalue weighted by molar-refractivity contribution is 6.30. The first-order valence-corrected chi connectivity index (χ1v) is 14.3. The summed E-state index contributed by atoms with van der Waals surface area (Å²) in [5.74, 6) is -1.69. The average Bonchev–Trinajstić information content (AvgIpc) is 2.85. The third-order valence-electron chi connectivity index (χ3n) is 8.14. The van der Waals surface area contributed by atoms with Crippen LogP contribution in [0.4, 0.5) is 4.39 Å². The summed E-state index contributed by atoms with van der Waals surface area (Å²) in [5.41, 5.74) is 3.15. The second-order valence-electron chi connectivity index (χ2n) is 12.9. The molecule has 0 spiro atoms. The fraction of sp³-hybridized carbons (Fsp3) is 0.424. The fourth-order valence-electron chi connectivity index (χ4n) is 6.50. The van der Waals surface area contributed by atoms with Crippen LogP contribution in [0.1, 0.15) is 76.8 Å². The molecule has 2 aliphatic carbocycles. The molecule has 3 aliphatic rings. The zero-order chi connectivity index (χ0) is 29.7. The molecule has 1 heterocycles. The zero-order valence-electron chi connectivity index (χ0n) is 23.9. The van der Waals surface area contributed by atoms with E-state index >= 15 is 0 Å². The summed E-state index contributed by atoms with van der Waals surface area (Å²) in [7, 11) is 0. The Hall–Kier alpha value is -3.45.